The predicted molar refractivity (Wildman–Crippen MR) is 137 cm³/mol. The molecular weight excluding hydrogens is 454 g/mol. The molecule has 10 nitrogen and oxygen atoms in total. The van der Waals surface area contributed by atoms with E-state index in [4.69, 9.17) is 4.98 Å². The molecule has 0 radical (unpaired) electrons. The van der Waals surface area contributed by atoms with E-state index in [1.807, 2.05) is 38.1 Å². The molecule has 0 saturated carbocycles. The maximum Gasteiger partial charge on any atom is 0.226 e. The Morgan fingerprint density at radius 2 is 1.81 bits per heavy atom. The lowest BCUT2D eigenvalue weighted by molar-refractivity contribution is -0.118. The Morgan fingerprint density at radius 3 is 2.64 bits per heavy atom. The number of carbonyl (C=O) groups excluding carboxylic acids is 1. The minimum Gasteiger partial charge on any atom is -0.335 e. The highest BCUT2D eigenvalue weighted by molar-refractivity contribution is 5.97. The summed E-state index contributed by atoms with van der Waals surface area (Å²) in [6.45, 7) is 3.69. The smallest absolute Gasteiger partial charge is 0.226 e. The second-order valence-corrected chi connectivity index (χ2v) is 8.70. The number of hydrogen-bond donors (Lipinski definition) is 3. The number of hydrogen-bond acceptors (Lipinski definition) is 7. The maximum atomic E-state index is 12.1. The first-order valence-corrected chi connectivity index (χ1v) is 11.4. The molecule has 0 saturated heterocycles. The number of imidazole rings is 1. The van der Waals surface area contributed by atoms with Crippen LogP contribution in [0.5, 0.6) is 0 Å². The van der Waals surface area contributed by atoms with Gasteiger partial charge in [-0.3, -0.25) is 29.8 Å². The van der Waals surface area contributed by atoms with Crippen LogP contribution < -0.4 is 5.32 Å². The van der Waals surface area contributed by atoms with Crippen LogP contribution in [0.2, 0.25) is 0 Å². The second-order valence-electron chi connectivity index (χ2n) is 8.70. The molecule has 10 heteroatoms. The number of pyridine rings is 4. The number of nitrogens with one attached hydrogen (secondary N) is 3. The molecule has 6 rings (SSSR count). The number of amides is 1. The van der Waals surface area contributed by atoms with Crippen molar-refractivity contribution in [2.24, 2.45) is 5.92 Å². The summed E-state index contributed by atoms with van der Waals surface area (Å²) >= 11 is 0. The van der Waals surface area contributed by atoms with Crippen LogP contribution in [0.3, 0.4) is 0 Å². The van der Waals surface area contributed by atoms with Gasteiger partial charge in [-0.15, -0.1) is 0 Å². The first kappa shape index (κ1) is 21.5. The highest BCUT2D eigenvalue weighted by Gasteiger charge is 2.17. The molecule has 3 N–H and O–H groups in total. The third-order valence-electron chi connectivity index (χ3n) is 5.86. The van der Waals surface area contributed by atoms with Crippen molar-refractivity contribution >= 4 is 33.5 Å². The van der Waals surface area contributed by atoms with Crippen molar-refractivity contribution in [3.05, 3.63) is 67.6 Å². The van der Waals surface area contributed by atoms with Gasteiger partial charge in [0.2, 0.25) is 5.91 Å². The van der Waals surface area contributed by atoms with Gasteiger partial charge in [-0.25, -0.2) is 4.98 Å². The molecule has 0 unspecified atom stereocenters. The Bertz CT molecular complexity index is 1720. The molecule has 36 heavy (non-hydrogen) atoms. The normalized spacial score (nSPS) is 11.4. The van der Waals surface area contributed by atoms with Gasteiger partial charge in [-0.1, -0.05) is 19.9 Å². The van der Waals surface area contributed by atoms with E-state index in [9.17, 15) is 4.79 Å². The summed E-state index contributed by atoms with van der Waals surface area (Å²) in [5.41, 5.74) is 6.95. The molecule has 6 heterocycles. The van der Waals surface area contributed by atoms with Crippen LogP contribution in [0.1, 0.15) is 13.8 Å². The topological polar surface area (TPSA) is 138 Å². The summed E-state index contributed by atoms with van der Waals surface area (Å²) in [5.74, 6) is 0.413. The van der Waals surface area contributed by atoms with Gasteiger partial charge in [0.05, 0.1) is 41.0 Å². The van der Waals surface area contributed by atoms with E-state index < -0.39 is 0 Å². The lowest BCUT2D eigenvalue weighted by Gasteiger charge is -2.08. The summed E-state index contributed by atoms with van der Waals surface area (Å²) in [4.78, 5) is 37.7. The fourth-order valence-corrected chi connectivity index (χ4v) is 3.97. The van der Waals surface area contributed by atoms with Gasteiger partial charge in [-0.05, 0) is 18.2 Å². The third-order valence-corrected chi connectivity index (χ3v) is 5.86. The van der Waals surface area contributed by atoms with Crippen LogP contribution in [0, 0.1) is 5.92 Å². The summed E-state index contributed by atoms with van der Waals surface area (Å²) in [6, 6.07) is 7.65. The predicted octanol–water partition coefficient (Wildman–Crippen LogP) is 4.61. The van der Waals surface area contributed by atoms with Gasteiger partial charge in [0.15, 0.2) is 5.82 Å². The van der Waals surface area contributed by atoms with Crippen LogP contribution in [0.15, 0.2) is 67.6 Å². The zero-order valence-corrected chi connectivity index (χ0v) is 19.5. The Kier molecular flexibility index (Phi) is 5.18. The maximum absolute atomic E-state index is 12.1. The average Bonchev–Trinajstić information content (AvgIpc) is 3.53. The molecule has 0 aliphatic rings. The SMILES string of the molecule is CC(C)C(=O)Nc1cncc(-c2cc3c(-c4nc5c(-c6cccnc6)cncc5[nH]4)n[nH]c3cn2)c1. The fraction of sp³-hybridized carbons (Fsp3) is 0.115. The molecule has 1 amide bonds. The third kappa shape index (κ3) is 3.84. The van der Waals surface area contributed by atoms with E-state index in [1.54, 1.807) is 43.4 Å². The highest BCUT2D eigenvalue weighted by Crippen LogP contribution is 2.32. The molecule has 176 valence electrons. The van der Waals surface area contributed by atoms with Crippen molar-refractivity contribution in [1.29, 1.82) is 0 Å². The highest BCUT2D eigenvalue weighted by atomic mass is 16.1. The van der Waals surface area contributed by atoms with Crippen molar-refractivity contribution in [2.45, 2.75) is 13.8 Å². The molecule has 0 aliphatic heterocycles. The van der Waals surface area contributed by atoms with Gasteiger partial charge in [0, 0.05) is 52.8 Å². The van der Waals surface area contributed by atoms with E-state index in [1.165, 1.54) is 0 Å². The largest absolute Gasteiger partial charge is 0.335 e. The van der Waals surface area contributed by atoms with Crippen molar-refractivity contribution in [1.82, 2.24) is 40.1 Å². The van der Waals surface area contributed by atoms with Gasteiger partial charge in [0.25, 0.3) is 0 Å². The number of aromatic nitrogens is 8. The number of carbonyl (C=O) groups is 1. The Labute approximate surface area is 205 Å². The average molecular weight is 476 g/mol. The van der Waals surface area contributed by atoms with Crippen molar-refractivity contribution < 1.29 is 4.79 Å². The molecule has 0 aliphatic carbocycles. The van der Waals surface area contributed by atoms with Gasteiger partial charge in [-0.2, -0.15) is 5.10 Å². The minimum atomic E-state index is -0.130. The van der Waals surface area contributed by atoms with Gasteiger partial charge < -0.3 is 10.3 Å². The first-order valence-electron chi connectivity index (χ1n) is 11.4. The van der Waals surface area contributed by atoms with E-state index in [-0.39, 0.29) is 11.8 Å². The van der Waals surface area contributed by atoms with Crippen LogP contribution in [-0.2, 0) is 4.79 Å². The van der Waals surface area contributed by atoms with E-state index in [2.05, 4.69) is 40.4 Å². The molecule has 0 atom stereocenters. The molecule has 6 aromatic rings. The first-order chi connectivity index (χ1) is 17.6. The summed E-state index contributed by atoms with van der Waals surface area (Å²) < 4.78 is 0. The second kappa shape index (κ2) is 8.66. The zero-order valence-electron chi connectivity index (χ0n) is 19.5. The Morgan fingerprint density at radius 1 is 0.944 bits per heavy atom. The lowest BCUT2D eigenvalue weighted by atomic mass is 10.1. The van der Waals surface area contributed by atoms with E-state index in [0.29, 0.717) is 22.9 Å². The molecule has 0 spiro atoms. The van der Waals surface area contributed by atoms with E-state index >= 15 is 0 Å². The summed E-state index contributed by atoms with van der Waals surface area (Å²) in [7, 11) is 0. The summed E-state index contributed by atoms with van der Waals surface area (Å²) in [5, 5.41) is 11.3. The molecular formula is C26H21N9O. The number of fused-ring (bicyclic) bond motifs is 2. The summed E-state index contributed by atoms with van der Waals surface area (Å²) in [6.07, 6.45) is 12.1. The number of rotatable bonds is 5. The number of nitrogens with zero attached hydrogens (tertiary/aromatic N) is 6. The quantitative estimate of drug-likeness (QED) is 0.331. The number of H-pyrrole nitrogens is 2. The molecule has 6 aromatic heterocycles. The zero-order chi connectivity index (χ0) is 24.6. The monoisotopic (exact) mass is 475 g/mol. The molecule has 0 fully saturated rings. The Balaban J connectivity index is 1.41. The van der Waals surface area contributed by atoms with Crippen LogP contribution in [0.25, 0.3) is 55.8 Å². The van der Waals surface area contributed by atoms with E-state index in [0.717, 1.165) is 38.6 Å². The van der Waals surface area contributed by atoms with Crippen LogP contribution in [0.4, 0.5) is 5.69 Å². The van der Waals surface area contributed by atoms with Crippen LogP contribution in [-0.4, -0.2) is 46.0 Å². The van der Waals surface area contributed by atoms with Crippen molar-refractivity contribution in [3.63, 3.8) is 0 Å². The van der Waals surface area contributed by atoms with Crippen molar-refractivity contribution in [2.75, 3.05) is 5.32 Å². The van der Waals surface area contributed by atoms with Crippen molar-refractivity contribution in [3.8, 4) is 33.9 Å². The fourth-order valence-electron chi connectivity index (χ4n) is 3.97. The molecule has 0 aromatic carbocycles. The Hall–Kier alpha value is -4.99. The number of aromatic amines is 2. The minimum absolute atomic E-state index is 0.0699. The van der Waals surface area contributed by atoms with Crippen LogP contribution >= 0.6 is 0 Å². The number of anilines is 1. The molecule has 0 bridgehead atoms. The lowest BCUT2D eigenvalue weighted by Crippen LogP contribution is -2.17. The van der Waals surface area contributed by atoms with Gasteiger partial charge >= 0.3 is 0 Å². The van der Waals surface area contributed by atoms with Gasteiger partial charge in [0.1, 0.15) is 11.2 Å². The standard InChI is InChI=1S/C26H21N9O/c1-14(2)26(36)31-17-6-16(9-28-10-17)20-7-18-21(13-30-20)34-35-24(18)25-32-22-12-29-11-19(23(22)33-25)15-4-3-5-27-8-15/h3-14H,1-2H3,(H,31,36)(H,32,33)(H,34,35).